The highest BCUT2D eigenvalue weighted by Crippen LogP contribution is 2.33. The third-order valence-corrected chi connectivity index (χ3v) is 11.9. The molecule has 3 aromatic heterocycles. The Balaban J connectivity index is 0.937. The van der Waals surface area contributed by atoms with Crippen LogP contribution >= 0.6 is 0 Å². The fourth-order valence-corrected chi connectivity index (χ4v) is 8.74. The normalized spacial score (nSPS) is 21.5. The lowest BCUT2D eigenvalue weighted by molar-refractivity contribution is -0.134. The summed E-state index contributed by atoms with van der Waals surface area (Å²) in [6.45, 7) is 8.33. The van der Waals surface area contributed by atoms with Crippen molar-refractivity contribution in [1.82, 2.24) is 39.8 Å². The van der Waals surface area contributed by atoms with Crippen LogP contribution in [-0.2, 0) is 29.6 Å². The fraction of sp³-hybridized carbons (Fsp3) is 0.432. The summed E-state index contributed by atoms with van der Waals surface area (Å²) in [7, 11) is 1.82. The predicted octanol–water partition coefficient (Wildman–Crippen LogP) is 5.83. The van der Waals surface area contributed by atoms with Crippen LogP contribution in [0.5, 0.6) is 5.88 Å². The fourth-order valence-electron chi connectivity index (χ4n) is 8.74. The van der Waals surface area contributed by atoms with Crippen molar-refractivity contribution in [2.45, 2.75) is 90.3 Å². The average molecular weight is 822 g/mol. The number of amides is 4. The smallest absolute Gasteiger partial charge is 0.258 e. The van der Waals surface area contributed by atoms with Gasteiger partial charge in [-0.15, -0.1) is 0 Å². The molecule has 0 aliphatic carbocycles. The third-order valence-electron chi connectivity index (χ3n) is 11.9. The number of hydrogen-bond acceptors (Lipinski definition) is 9. The topological polar surface area (TPSA) is 165 Å². The number of piperidine rings is 2. The molecule has 2 fully saturated rings. The Bertz CT molecular complexity index is 2480. The van der Waals surface area contributed by atoms with Crippen LogP contribution in [0, 0.1) is 24.5 Å². The summed E-state index contributed by atoms with van der Waals surface area (Å²) < 4.78 is 40.1. The highest BCUT2D eigenvalue weighted by atomic mass is 19.1. The minimum Gasteiger partial charge on any atom is -0.477 e. The Morgan fingerprint density at radius 2 is 1.80 bits per heavy atom. The Kier molecular flexibility index (Phi) is 11.5. The van der Waals surface area contributed by atoms with E-state index in [-0.39, 0.29) is 48.2 Å². The first-order valence-corrected chi connectivity index (χ1v) is 20.6. The summed E-state index contributed by atoms with van der Waals surface area (Å²) >= 11 is 0. The number of carbonyl (C=O) groups excluding carboxylic acids is 4. The van der Waals surface area contributed by atoms with E-state index in [0.717, 1.165) is 18.4 Å². The molecular weight excluding hydrogens is 773 g/mol. The Hall–Kier alpha value is -6.03. The molecule has 0 spiro atoms. The lowest BCUT2D eigenvalue weighted by atomic mass is 9.88. The molecular formula is C44H49F2N9O5. The van der Waals surface area contributed by atoms with Crippen LogP contribution in [0.15, 0.2) is 48.7 Å². The van der Waals surface area contributed by atoms with Gasteiger partial charge in [-0.2, -0.15) is 5.10 Å². The molecule has 314 valence electrons. The molecule has 3 aliphatic heterocycles. The number of nitrogens with one attached hydrogen (secondary N) is 3. The van der Waals surface area contributed by atoms with Crippen LogP contribution in [0.3, 0.4) is 0 Å². The highest BCUT2D eigenvalue weighted by molar-refractivity contribution is 6.05. The van der Waals surface area contributed by atoms with Crippen LogP contribution in [-0.4, -0.2) is 84.6 Å². The van der Waals surface area contributed by atoms with Gasteiger partial charge in [-0.1, -0.05) is 6.92 Å². The van der Waals surface area contributed by atoms with Gasteiger partial charge in [-0.3, -0.25) is 34.8 Å². The molecule has 4 amide bonds. The van der Waals surface area contributed by atoms with Gasteiger partial charge in [0.15, 0.2) is 0 Å². The number of anilines is 1. The van der Waals surface area contributed by atoms with Gasteiger partial charge in [0, 0.05) is 67.6 Å². The van der Waals surface area contributed by atoms with E-state index in [1.165, 1.54) is 12.1 Å². The number of halogens is 2. The van der Waals surface area contributed by atoms with Crippen LogP contribution in [0.1, 0.15) is 95.8 Å². The summed E-state index contributed by atoms with van der Waals surface area (Å²) in [6, 6.07) is 11.4. The van der Waals surface area contributed by atoms with Gasteiger partial charge in [0.1, 0.15) is 11.6 Å². The van der Waals surface area contributed by atoms with Crippen molar-refractivity contribution in [2.24, 2.45) is 13.0 Å². The van der Waals surface area contributed by atoms with Crippen LogP contribution in [0.2, 0.25) is 0 Å². The molecule has 2 saturated heterocycles. The molecule has 60 heavy (non-hydrogen) atoms. The van der Waals surface area contributed by atoms with Gasteiger partial charge in [-0.25, -0.2) is 18.4 Å². The minimum absolute atomic E-state index is 0.0357. The molecule has 4 atom stereocenters. The number of imide groups is 1. The Morgan fingerprint density at radius 3 is 2.57 bits per heavy atom. The molecule has 0 saturated carbocycles. The van der Waals surface area contributed by atoms with E-state index in [2.05, 4.69) is 44.8 Å². The summed E-state index contributed by atoms with van der Waals surface area (Å²) in [6.07, 6.45) is 5.22. The monoisotopic (exact) mass is 821 g/mol. The van der Waals surface area contributed by atoms with E-state index in [1.54, 1.807) is 35.1 Å². The quantitative estimate of drug-likeness (QED) is 0.179. The Morgan fingerprint density at radius 1 is 1.00 bits per heavy atom. The van der Waals surface area contributed by atoms with E-state index < -0.39 is 29.4 Å². The number of aromatic nitrogens is 5. The average Bonchev–Trinajstić information content (AvgIpc) is 3.74. The van der Waals surface area contributed by atoms with Crippen molar-refractivity contribution in [1.29, 1.82) is 0 Å². The van der Waals surface area contributed by atoms with Crippen LogP contribution in [0.25, 0.3) is 22.3 Å². The first-order chi connectivity index (χ1) is 28.8. The predicted molar refractivity (Wildman–Crippen MR) is 219 cm³/mol. The number of ether oxygens (including phenoxy) is 1. The lowest BCUT2D eigenvalue weighted by Gasteiger charge is -2.38. The van der Waals surface area contributed by atoms with E-state index in [0.29, 0.717) is 96.5 Å². The van der Waals surface area contributed by atoms with Crippen molar-refractivity contribution in [3.63, 3.8) is 0 Å². The maximum atomic E-state index is 15.1. The first-order valence-electron chi connectivity index (χ1n) is 20.6. The van der Waals surface area contributed by atoms with E-state index >= 15 is 8.78 Å². The molecule has 8 rings (SSSR count). The molecule has 14 nitrogen and oxygen atoms in total. The number of benzene rings is 2. The van der Waals surface area contributed by atoms with Gasteiger partial charge >= 0.3 is 0 Å². The molecule has 0 radical (unpaired) electrons. The van der Waals surface area contributed by atoms with Crippen LogP contribution < -0.4 is 20.7 Å². The maximum Gasteiger partial charge on any atom is 0.258 e. The third kappa shape index (κ3) is 8.51. The molecule has 2 bridgehead atoms. The number of carbonyl (C=O) groups is 4. The number of pyridine rings is 1. The second-order valence-electron chi connectivity index (χ2n) is 16.5. The molecule has 0 unspecified atom stereocenters. The second-order valence-corrected chi connectivity index (χ2v) is 16.5. The van der Waals surface area contributed by atoms with Crippen molar-refractivity contribution in [3.8, 4) is 17.1 Å². The number of nitrogens with zero attached hydrogens (tertiary/aromatic N) is 6. The maximum absolute atomic E-state index is 15.1. The zero-order valence-electron chi connectivity index (χ0n) is 34.2. The van der Waals surface area contributed by atoms with Gasteiger partial charge in [0.25, 0.3) is 11.8 Å². The summed E-state index contributed by atoms with van der Waals surface area (Å²) in [5, 5.41) is 12.8. The number of fused-ring (bicyclic) bond motifs is 7. The van der Waals surface area contributed by atoms with E-state index in [4.69, 9.17) is 9.72 Å². The molecule has 2 aromatic carbocycles. The number of likely N-dealkylation sites (tertiary alicyclic amines) is 1. The lowest BCUT2D eigenvalue weighted by Crippen LogP contribution is -2.49. The van der Waals surface area contributed by atoms with Gasteiger partial charge in [-0.05, 0) is 106 Å². The summed E-state index contributed by atoms with van der Waals surface area (Å²) in [4.78, 5) is 63.1. The van der Waals surface area contributed by atoms with E-state index in [9.17, 15) is 19.2 Å². The number of imidazole rings is 1. The molecule has 3 aliphatic rings. The first kappa shape index (κ1) is 40.7. The molecule has 16 heteroatoms. The van der Waals surface area contributed by atoms with Crippen molar-refractivity contribution in [2.75, 3.05) is 25.0 Å². The zero-order chi connectivity index (χ0) is 42.2. The summed E-state index contributed by atoms with van der Waals surface area (Å²) in [5.74, 6) is -3.10. The molecule has 3 N–H and O–H groups in total. The molecule has 6 heterocycles. The van der Waals surface area contributed by atoms with Crippen molar-refractivity contribution < 1.29 is 32.7 Å². The van der Waals surface area contributed by atoms with Crippen LogP contribution in [0.4, 0.5) is 14.7 Å². The SMILES string of the molecule is Cc1cc2cc(n1)-c1cnn(C)c1OCCC[C@@H](C)Cn1c(nc3ccc(C(=O)N[C@@H]4CCN(CCc5cc(F)c([C@H]6CCC(=O)NC6=O)c(F)c5)[C@H](C)C4)cc31)NC2=O. The number of hydrogen-bond donors (Lipinski definition) is 3. The van der Waals surface area contributed by atoms with Gasteiger partial charge in [0.05, 0.1) is 41.0 Å². The minimum atomic E-state index is -1.03. The van der Waals surface area contributed by atoms with E-state index in [1.807, 2.05) is 24.6 Å². The highest BCUT2D eigenvalue weighted by Gasteiger charge is 2.33. The van der Waals surface area contributed by atoms with Crippen molar-refractivity contribution in [3.05, 3.63) is 88.2 Å². The summed E-state index contributed by atoms with van der Waals surface area (Å²) in [5.41, 5.74) is 4.42. The van der Waals surface area contributed by atoms with Crippen molar-refractivity contribution >= 4 is 40.6 Å². The number of rotatable bonds is 6. The second kappa shape index (κ2) is 16.9. The largest absolute Gasteiger partial charge is 0.477 e. The zero-order valence-corrected chi connectivity index (χ0v) is 34.2. The standard InChI is InChI=1S/C44H49F2N9O5/c1-24-6-5-15-60-43-32(22-47-53(43)4)36-20-29(16-25(2)48-36)41(58)52-44-50-35-9-7-28(21-37(35)55(44)23-24)40(57)49-30-12-14-54(26(3)17-30)13-11-27-18-33(45)39(34(46)19-27)31-8-10-38(56)51-42(31)59/h7,9,16,18-22,24,26,30-31H,5-6,8,10-15,17,23H2,1-4H3,(H,49,57)(H,50,52,58)(H,51,56,59)/t24-,26-,30-,31-/m1/s1. The number of aryl methyl sites for hydroxylation is 2. The van der Waals surface area contributed by atoms with Gasteiger partial charge < -0.3 is 19.5 Å². The van der Waals surface area contributed by atoms with Gasteiger partial charge in [0.2, 0.25) is 23.6 Å². The molecule has 5 aromatic rings. The Labute approximate surface area is 346 Å².